The van der Waals surface area contributed by atoms with Gasteiger partial charge in [-0.15, -0.1) is 0 Å². The maximum atomic E-state index is 12.3. The number of aliphatic hydroxyl groups excluding tert-OH is 2. The van der Waals surface area contributed by atoms with Gasteiger partial charge < -0.3 is 15.5 Å². The molecule has 264 valence electrons. The van der Waals surface area contributed by atoms with Crippen LogP contribution in [-0.2, 0) is 4.79 Å². The molecule has 0 aromatic rings. The second-order valence-electron chi connectivity index (χ2n) is 13.3. The van der Waals surface area contributed by atoms with Gasteiger partial charge in [-0.1, -0.05) is 185 Å². The molecular weight excluding hydrogens is 554 g/mol. The summed E-state index contributed by atoms with van der Waals surface area (Å²) in [5.41, 5.74) is 0. The van der Waals surface area contributed by atoms with Crippen molar-refractivity contribution in [1.82, 2.24) is 5.32 Å². The summed E-state index contributed by atoms with van der Waals surface area (Å²) < 4.78 is 0. The van der Waals surface area contributed by atoms with Crippen LogP contribution in [0.5, 0.6) is 0 Å². The first-order chi connectivity index (χ1) is 22.2. The molecule has 0 aromatic carbocycles. The zero-order chi connectivity index (χ0) is 32.9. The van der Waals surface area contributed by atoms with E-state index in [4.69, 9.17) is 0 Å². The van der Waals surface area contributed by atoms with Crippen molar-refractivity contribution in [2.75, 3.05) is 6.61 Å². The Morgan fingerprint density at radius 2 is 0.978 bits per heavy atom. The van der Waals surface area contributed by atoms with Gasteiger partial charge in [0.05, 0.1) is 18.8 Å². The predicted molar refractivity (Wildman–Crippen MR) is 198 cm³/mol. The number of carbonyl (C=O) groups excluding carboxylic acids is 1. The summed E-state index contributed by atoms with van der Waals surface area (Å²) in [6.45, 7) is 4.23. The molecule has 45 heavy (non-hydrogen) atoms. The van der Waals surface area contributed by atoms with Crippen LogP contribution in [0.4, 0.5) is 0 Å². The van der Waals surface area contributed by atoms with Gasteiger partial charge in [0.25, 0.3) is 0 Å². The number of hydrogen-bond acceptors (Lipinski definition) is 3. The Kier molecular flexibility index (Phi) is 35.9. The number of allylic oxidation sites excluding steroid dienone is 6. The monoisotopic (exact) mass is 632 g/mol. The van der Waals surface area contributed by atoms with Crippen LogP contribution >= 0.6 is 0 Å². The maximum Gasteiger partial charge on any atom is 0.220 e. The van der Waals surface area contributed by atoms with E-state index >= 15 is 0 Å². The molecule has 0 saturated heterocycles. The Morgan fingerprint density at radius 3 is 1.44 bits per heavy atom. The van der Waals surface area contributed by atoms with E-state index in [0.29, 0.717) is 12.8 Å². The van der Waals surface area contributed by atoms with Crippen LogP contribution in [0, 0.1) is 0 Å². The first-order valence-electron chi connectivity index (χ1n) is 19.7. The van der Waals surface area contributed by atoms with E-state index < -0.39 is 12.1 Å². The van der Waals surface area contributed by atoms with Crippen LogP contribution in [0.2, 0.25) is 0 Å². The number of amides is 1. The summed E-state index contributed by atoms with van der Waals surface area (Å²) in [7, 11) is 0. The summed E-state index contributed by atoms with van der Waals surface area (Å²) in [5, 5.41) is 23.1. The van der Waals surface area contributed by atoms with Crippen molar-refractivity contribution in [3.63, 3.8) is 0 Å². The van der Waals surface area contributed by atoms with Crippen molar-refractivity contribution in [3.05, 3.63) is 36.5 Å². The van der Waals surface area contributed by atoms with Gasteiger partial charge in [-0.05, 0) is 44.9 Å². The highest BCUT2D eigenvalue weighted by Gasteiger charge is 2.19. The number of carbonyl (C=O) groups is 1. The van der Waals surface area contributed by atoms with Crippen molar-refractivity contribution in [1.29, 1.82) is 0 Å². The van der Waals surface area contributed by atoms with E-state index in [9.17, 15) is 15.0 Å². The van der Waals surface area contributed by atoms with Crippen LogP contribution in [0.15, 0.2) is 36.5 Å². The fraction of sp³-hybridized carbons (Fsp3) is 0.829. The fourth-order valence-electron chi connectivity index (χ4n) is 5.90. The van der Waals surface area contributed by atoms with Crippen LogP contribution in [0.1, 0.15) is 200 Å². The van der Waals surface area contributed by atoms with Crippen molar-refractivity contribution in [2.24, 2.45) is 0 Å². The molecule has 0 spiro atoms. The van der Waals surface area contributed by atoms with Crippen molar-refractivity contribution >= 4 is 5.91 Å². The van der Waals surface area contributed by atoms with Gasteiger partial charge in [0.1, 0.15) is 0 Å². The number of unbranched alkanes of at least 4 members (excludes halogenated alkanes) is 22. The standard InChI is InChI=1S/C41H77NO3/c1-3-5-7-9-11-13-15-17-18-19-20-21-22-23-25-26-28-30-32-34-36-40(44)39(38-43)42-41(45)37-35-33-31-29-27-24-16-14-12-10-8-6-4-2/h6,8,12,14,24,27,39-40,43-44H,3-5,7,9-11,13,15-23,25-26,28-38H2,1-2H3,(H,42,45)/b8-6-,14-12-,27-24-. The molecule has 0 heterocycles. The van der Waals surface area contributed by atoms with Gasteiger partial charge in [-0.25, -0.2) is 0 Å². The predicted octanol–water partition coefficient (Wildman–Crippen LogP) is 11.8. The lowest BCUT2D eigenvalue weighted by atomic mass is 10.0. The quantitative estimate of drug-likeness (QED) is 0.0481. The molecule has 0 aliphatic carbocycles. The largest absolute Gasteiger partial charge is 0.394 e. The highest BCUT2D eigenvalue weighted by atomic mass is 16.3. The zero-order valence-corrected chi connectivity index (χ0v) is 30.1. The van der Waals surface area contributed by atoms with Gasteiger partial charge >= 0.3 is 0 Å². The Morgan fingerprint density at radius 1 is 0.556 bits per heavy atom. The van der Waals surface area contributed by atoms with Crippen molar-refractivity contribution < 1.29 is 15.0 Å². The SMILES string of the molecule is CC/C=C\C/C=C\C/C=C\CCCCCC(=O)NC(CO)C(O)CCCCCCCCCCCCCCCCCCCCCC. The Hall–Kier alpha value is -1.39. The first-order valence-corrected chi connectivity index (χ1v) is 19.7. The topological polar surface area (TPSA) is 69.6 Å². The molecule has 4 heteroatoms. The summed E-state index contributed by atoms with van der Waals surface area (Å²) in [5.74, 6) is -0.0607. The maximum absolute atomic E-state index is 12.3. The Labute approximate surface area is 281 Å². The van der Waals surface area contributed by atoms with Gasteiger partial charge in [0.15, 0.2) is 0 Å². The summed E-state index contributed by atoms with van der Waals surface area (Å²) >= 11 is 0. The van der Waals surface area contributed by atoms with E-state index in [0.717, 1.165) is 57.8 Å². The zero-order valence-electron chi connectivity index (χ0n) is 30.1. The average molecular weight is 632 g/mol. The van der Waals surface area contributed by atoms with Gasteiger partial charge in [0, 0.05) is 6.42 Å². The van der Waals surface area contributed by atoms with E-state index in [-0.39, 0.29) is 12.5 Å². The molecule has 0 rings (SSSR count). The third-order valence-corrected chi connectivity index (χ3v) is 8.92. The molecular formula is C41H77NO3. The molecule has 0 aliphatic heterocycles. The highest BCUT2D eigenvalue weighted by molar-refractivity contribution is 5.76. The lowest BCUT2D eigenvalue weighted by Gasteiger charge is -2.22. The molecule has 0 bridgehead atoms. The summed E-state index contributed by atoms with van der Waals surface area (Å²) in [4.78, 5) is 12.3. The van der Waals surface area contributed by atoms with Gasteiger partial charge in [-0.3, -0.25) is 4.79 Å². The fourth-order valence-corrected chi connectivity index (χ4v) is 5.90. The van der Waals surface area contributed by atoms with Crippen LogP contribution < -0.4 is 5.32 Å². The number of aliphatic hydroxyl groups is 2. The molecule has 0 fully saturated rings. The van der Waals surface area contributed by atoms with E-state index in [1.54, 1.807) is 0 Å². The second kappa shape index (κ2) is 37.1. The minimum atomic E-state index is -0.670. The van der Waals surface area contributed by atoms with Crippen molar-refractivity contribution in [2.45, 2.75) is 212 Å². The van der Waals surface area contributed by atoms with Gasteiger partial charge in [0.2, 0.25) is 5.91 Å². The smallest absolute Gasteiger partial charge is 0.220 e. The average Bonchev–Trinajstić information content (AvgIpc) is 3.04. The summed E-state index contributed by atoms with van der Waals surface area (Å²) in [6, 6.07) is -0.550. The van der Waals surface area contributed by atoms with E-state index in [2.05, 4.69) is 55.6 Å². The van der Waals surface area contributed by atoms with E-state index in [1.165, 1.54) is 116 Å². The third kappa shape index (κ3) is 33.8. The molecule has 2 unspecified atom stereocenters. The molecule has 3 N–H and O–H groups in total. The Bertz CT molecular complexity index is 686. The Balaban J connectivity index is 3.55. The molecule has 0 saturated carbocycles. The lowest BCUT2D eigenvalue weighted by molar-refractivity contribution is -0.123. The molecule has 1 amide bonds. The molecule has 2 atom stereocenters. The molecule has 0 aliphatic rings. The van der Waals surface area contributed by atoms with Crippen LogP contribution in [0.3, 0.4) is 0 Å². The first kappa shape index (κ1) is 43.6. The minimum absolute atomic E-state index is 0.0607. The molecule has 4 nitrogen and oxygen atoms in total. The van der Waals surface area contributed by atoms with Crippen molar-refractivity contribution in [3.8, 4) is 0 Å². The van der Waals surface area contributed by atoms with Crippen LogP contribution in [-0.4, -0.2) is 34.9 Å². The second-order valence-corrected chi connectivity index (χ2v) is 13.3. The number of hydrogen-bond donors (Lipinski definition) is 3. The summed E-state index contributed by atoms with van der Waals surface area (Å²) in [6.07, 6.45) is 47.8. The molecule has 0 aromatic heterocycles. The number of nitrogens with one attached hydrogen (secondary N) is 1. The number of rotatable bonds is 35. The normalized spacial score (nSPS) is 13.4. The molecule has 0 radical (unpaired) electrons. The van der Waals surface area contributed by atoms with E-state index in [1.807, 2.05) is 0 Å². The lowest BCUT2D eigenvalue weighted by Crippen LogP contribution is -2.45. The van der Waals surface area contributed by atoms with Crippen LogP contribution in [0.25, 0.3) is 0 Å². The third-order valence-electron chi connectivity index (χ3n) is 8.92. The minimum Gasteiger partial charge on any atom is -0.394 e. The van der Waals surface area contributed by atoms with Gasteiger partial charge in [-0.2, -0.15) is 0 Å². The highest BCUT2D eigenvalue weighted by Crippen LogP contribution is 2.16.